The van der Waals surface area contributed by atoms with Crippen molar-refractivity contribution in [3.63, 3.8) is 0 Å². The van der Waals surface area contributed by atoms with Gasteiger partial charge in [-0.3, -0.25) is 4.79 Å². The molecular weight excluding hydrogens is 462 g/mol. The third-order valence-corrected chi connectivity index (χ3v) is 9.44. The van der Waals surface area contributed by atoms with Gasteiger partial charge in [0.25, 0.3) is 15.9 Å². The molecule has 10 heteroatoms. The average Bonchev–Trinajstić information content (AvgIpc) is 3.37. The molecule has 1 atom stereocenters. The summed E-state index contributed by atoms with van der Waals surface area (Å²) >= 11 is 8.60. The molecule has 1 aromatic carbocycles. The van der Waals surface area contributed by atoms with Crippen LogP contribution in [-0.2, 0) is 21.4 Å². The third kappa shape index (κ3) is 4.11. The Morgan fingerprint density at radius 1 is 1.37 bits per heavy atom. The highest BCUT2D eigenvalue weighted by Crippen LogP contribution is 2.27. The van der Waals surface area contributed by atoms with E-state index in [0.717, 1.165) is 10.2 Å². The van der Waals surface area contributed by atoms with E-state index in [2.05, 4.69) is 10.9 Å². The average molecular weight is 480 g/mol. The molecule has 3 aromatic rings. The summed E-state index contributed by atoms with van der Waals surface area (Å²) < 4.78 is 30.0. The van der Waals surface area contributed by atoms with Gasteiger partial charge in [0, 0.05) is 18.1 Å². The molecule has 1 aliphatic heterocycles. The van der Waals surface area contributed by atoms with Crippen LogP contribution >= 0.6 is 34.3 Å². The minimum atomic E-state index is -3.59. The number of amides is 1. The van der Waals surface area contributed by atoms with Crippen LogP contribution in [0.1, 0.15) is 12.8 Å². The SMILES string of the molecule is C#CCn1c(=NC(=O)C2CCCN(S(=O)(=O)c3cccs3)C2)sc2cc(Cl)ccc21. The number of carbonyl (C=O) groups is 1. The molecule has 0 aliphatic carbocycles. The largest absolute Gasteiger partial charge is 0.305 e. The molecule has 156 valence electrons. The van der Waals surface area contributed by atoms with E-state index in [1.807, 2.05) is 12.1 Å². The summed E-state index contributed by atoms with van der Waals surface area (Å²) in [4.78, 5) is 17.8. The van der Waals surface area contributed by atoms with Gasteiger partial charge in [0.05, 0.1) is 22.7 Å². The summed E-state index contributed by atoms with van der Waals surface area (Å²) in [6, 6.07) is 8.72. The number of piperidine rings is 1. The lowest BCUT2D eigenvalue weighted by atomic mass is 9.99. The van der Waals surface area contributed by atoms with Gasteiger partial charge in [-0.25, -0.2) is 8.42 Å². The Morgan fingerprint density at radius 2 is 2.20 bits per heavy atom. The van der Waals surface area contributed by atoms with E-state index in [4.69, 9.17) is 18.0 Å². The summed E-state index contributed by atoms with van der Waals surface area (Å²) in [5.74, 6) is 1.78. The normalized spacial score (nSPS) is 18.5. The number of fused-ring (bicyclic) bond motifs is 1. The zero-order chi connectivity index (χ0) is 21.3. The number of aromatic nitrogens is 1. The molecule has 0 saturated carbocycles. The molecule has 30 heavy (non-hydrogen) atoms. The smallest absolute Gasteiger partial charge is 0.252 e. The maximum atomic E-state index is 13.0. The van der Waals surface area contributed by atoms with Gasteiger partial charge in [-0.05, 0) is 42.5 Å². The molecule has 6 nitrogen and oxygen atoms in total. The maximum absolute atomic E-state index is 13.0. The molecule has 1 unspecified atom stereocenters. The molecule has 0 N–H and O–H groups in total. The van der Waals surface area contributed by atoms with E-state index in [1.165, 1.54) is 27.0 Å². The topological polar surface area (TPSA) is 71.7 Å². The number of carbonyl (C=O) groups excluding carboxylic acids is 1. The minimum absolute atomic E-state index is 0.133. The van der Waals surface area contributed by atoms with E-state index in [0.29, 0.717) is 33.4 Å². The highest BCUT2D eigenvalue weighted by atomic mass is 35.5. The zero-order valence-electron chi connectivity index (χ0n) is 15.8. The summed E-state index contributed by atoms with van der Waals surface area (Å²) in [5.41, 5.74) is 0.861. The molecule has 3 heterocycles. The highest BCUT2D eigenvalue weighted by Gasteiger charge is 2.33. The number of hydrogen-bond donors (Lipinski definition) is 0. The van der Waals surface area contributed by atoms with E-state index in [-0.39, 0.29) is 19.0 Å². The Kier molecular flexibility index (Phi) is 6.14. The maximum Gasteiger partial charge on any atom is 0.252 e. The number of nitrogens with zero attached hydrogens (tertiary/aromatic N) is 3. The van der Waals surface area contributed by atoms with Crippen LogP contribution in [0.15, 0.2) is 44.9 Å². The van der Waals surface area contributed by atoms with Crippen molar-refractivity contribution in [3.05, 3.63) is 45.5 Å². The second kappa shape index (κ2) is 8.65. The van der Waals surface area contributed by atoms with Gasteiger partial charge in [0.15, 0.2) is 4.80 Å². The number of sulfonamides is 1. The summed E-state index contributed by atoms with van der Waals surface area (Å²) in [6.07, 6.45) is 6.72. The fraction of sp³-hybridized carbons (Fsp3) is 0.300. The monoisotopic (exact) mass is 479 g/mol. The van der Waals surface area contributed by atoms with Crippen LogP contribution in [0.2, 0.25) is 5.02 Å². The zero-order valence-corrected chi connectivity index (χ0v) is 19.0. The second-order valence-electron chi connectivity index (χ2n) is 6.87. The van der Waals surface area contributed by atoms with Crippen LogP contribution in [0.4, 0.5) is 0 Å². The Hall–Kier alpha value is -1.96. The number of thiazole rings is 1. The van der Waals surface area contributed by atoms with E-state index in [1.54, 1.807) is 28.1 Å². The molecule has 1 amide bonds. The van der Waals surface area contributed by atoms with Crippen molar-refractivity contribution in [3.8, 4) is 12.3 Å². The molecule has 4 rings (SSSR count). The van der Waals surface area contributed by atoms with Gasteiger partial charge in [-0.1, -0.05) is 34.9 Å². The van der Waals surface area contributed by atoms with Crippen LogP contribution in [0.5, 0.6) is 0 Å². The van der Waals surface area contributed by atoms with Gasteiger partial charge in [-0.15, -0.1) is 17.8 Å². The second-order valence-corrected chi connectivity index (χ2v) is 11.4. The van der Waals surface area contributed by atoms with E-state index < -0.39 is 15.9 Å². The molecule has 1 fully saturated rings. The quantitative estimate of drug-likeness (QED) is 0.537. The first-order chi connectivity index (χ1) is 14.4. The third-order valence-electron chi connectivity index (χ3n) is 4.92. The lowest BCUT2D eigenvalue weighted by molar-refractivity contribution is -0.122. The molecule has 0 bridgehead atoms. The number of hydrogen-bond acceptors (Lipinski definition) is 5. The first-order valence-electron chi connectivity index (χ1n) is 9.25. The first kappa shape index (κ1) is 21.3. The van der Waals surface area contributed by atoms with Crippen molar-refractivity contribution in [2.24, 2.45) is 10.9 Å². The Labute approximate surface area is 187 Å². The number of thiophene rings is 1. The van der Waals surface area contributed by atoms with Crippen molar-refractivity contribution in [1.82, 2.24) is 8.87 Å². The number of terminal acetylenes is 1. The predicted molar refractivity (Wildman–Crippen MR) is 120 cm³/mol. The fourth-order valence-corrected chi connectivity index (χ4v) is 7.44. The lowest BCUT2D eigenvalue weighted by Gasteiger charge is -2.29. The van der Waals surface area contributed by atoms with Gasteiger partial charge < -0.3 is 4.57 Å². The molecule has 2 aromatic heterocycles. The Morgan fingerprint density at radius 3 is 2.93 bits per heavy atom. The minimum Gasteiger partial charge on any atom is -0.305 e. The van der Waals surface area contributed by atoms with Crippen LogP contribution in [0, 0.1) is 18.3 Å². The van der Waals surface area contributed by atoms with Crippen molar-refractivity contribution in [2.45, 2.75) is 23.6 Å². The molecule has 1 aliphatic rings. The van der Waals surface area contributed by atoms with Gasteiger partial charge >= 0.3 is 0 Å². The first-order valence-corrected chi connectivity index (χ1v) is 12.8. The van der Waals surface area contributed by atoms with Crippen molar-refractivity contribution < 1.29 is 13.2 Å². The van der Waals surface area contributed by atoms with Crippen LogP contribution in [0.25, 0.3) is 10.2 Å². The van der Waals surface area contributed by atoms with E-state index >= 15 is 0 Å². The van der Waals surface area contributed by atoms with Gasteiger partial charge in [-0.2, -0.15) is 9.30 Å². The number of rotatable bonds is 4. The molecule has 0 spiro atoms. The van der Waals surface area contributed by atoms with Crippen LogP contribution in [-0.4, -0.2) is 36.3 Å². The Bertz CT molecular complexity index is 1300. The van der Waals surface area contributed by atoms with Gasteiger partial charge in [0.1, 0.15) is 4.21 Å². The highest BCUT2D eigenvalue weighted by molar-refractivity contribution is 7.91. The molecule has 1 saturated heterocycles. The summed E-state index contributed by atoms with van der Waals surface area (Å²) in [6.45, 7) is 0.814. The van der Waals surface area contributed by atoms with Crippen molar-refractivity contribution >= 4 is 60.4 Å². The Balaban J connectivity index is 1.64. The molecular formula is C20H18ClN3O3S3. The number of benzene rings is 1. The predicted octanol–water partition coefficient (Wildman–Crippen LogP) is 3.58. The van der Waals surface area contributed by atoms with E-state index in [9.17, 15) is 13.2 Å². The van der Waals surface area contributed by atoms with Crippen LogP contribution < -0.4 is 4.80 Å². The fourth-order valence-electron chi connectivity index (χ4n) is 3.46. The summed E-state index contributed by atoms with van der Waals surface area (Å²) in [5, 5.41) is 2.32. The lowest BCUT2D eigenvalue weighted by Crippen LogP contribution is -2.42. The summed E-state index contributed by atoms with van der Waals surface area (Å²) in [7, 11) is -3.59. The van der Waals surface area contributed by atoms with Crippen LogP contribution in [0.3, 0.4) is 0 Å². The standard InChI is InChI=1S/C20H18ClN3O3S3/c1-2-9-24-16-8-7-15(21)12-17(16)29-20(24)22-19(25)14-5-3-10-23(13-14)30(26,27)18-6-4-11-28-18/h1,4,6-8,11-12,14H,3,5,9-10,13H2. The van der Waals surface area contributed by atoms with Gasteiger partial charge in [0.2, 0.25) is 0 Å². The molecule has 0 radical (unpaired) electrons. The van der Waals surface area contributed by atoms with Crippen molar-refractivity contribution in [1.29, 1.82) is 0 Å². The number of halogens is 1. The van der Waals surface area contributed by atoms with Crippen molar-refractivity contribution in [2.75, 3.05) is 13.1 Å².